The van der Waals surface area contributed by atoms with Crippen molar-refractivity contribution >= 4 is 5.91 Å². The molecule has 44 heavy (non-hydrogen) atoms. The van der Waals surface area contributed by atoms with Crippen LogP contribution in [0.5, 0.6) is 0 Å². The Labute approximate surface area is 257 Å². The number of nitrogens with one attached hydrogen (secondary N) is 2. The number of halogens is 1. The third-order valence-corrected chi connectivity index (χ3v) is 8.15. The van der Waals surface area contributed by atoms with Gasteiger partial charge in [0.1, 0.15) is 18.3 Å². The normalized spacial score (nSPS) is 39.4. The monoisotopic (exact) mass is 643 g/mol. The highest BCUT2D eigenvalue weighted by atomic mass is 19.3. The number of hydrogen-bond donors (Lipinski definition) is 11. The lowest BCUT2D eigenvalue weighted by Crippen LogP contribution is -2.58. The summed E-state index contributed by atoms with van der Waals surface area (Å²) in [5.74, 6) is 0.0704. The predicted octanol–water partition coefficient (Wildman–Crippen LogP) is -3.79. The van der Waals surface area contributed by atoms with Gasteiger partial charge in [-0.1, -0.05) is 0 Å². The Balaban J connectivity index is 0.000000473. The van der Waals surface area contributed by atoms with Crippen molar-refractivity contribution in [3.63, 3.8) is 0 Å². The van der Waals surface area contributed by atoms with E-state index < -0.39 is 67.3 Å². The van der Waals surface area contributed by atoms with Gasteiger partial charge < -0.3 is 72.7 Å². The van der Waals surface area contributed by atoms with Gasteiger partial charge in [0.15, 0.2) is 6.29 Å². The third-order valence-electron chi connectivity index (χ3n) is 8.15. The van der Waals surface area contributed by atoms with E-state index in [2.05, 4.69) is 20.3 Å². The van der Waals surface area contributed by atoms with E-state index in [1.54, 1.807) is 0 Å². The summed E-state index contributed by atoms with van der Waals surface area (Å²) in [5, 5.41) is 61.5. The number of carbonyl (C=O) groups excluding carboxylic acids is 1. The van der Waals surface area contributed by atoms with Crippen LogP contribution in [0.3, 0.4) is 0 Å². The van der Waals surface area contributed by atoms with Gasteiger partial charge in [0.25, 0.3) is 0 Å². The molecule has 0 radical (unpaired) electrons. The average Bonchev–Trinajstić information content (AvgIpc) is 2.97. The zero-order valence-corrected chi connectivity index (χ0v) is 25.3. The molecule has 2 saturated heterocycles. The first-order chi connectivity index (χ1) is 21.0. The maximum Gasteiger partial charge on any atom is 0.249 e. The van der Waals surface area contributed by atoms with E-state index >= 15 is 0 Å². The molecule has 0 aromatic rings. The molecule has 4 fully saturated rings. The lowest BCUT2D eigenvalue weighted by molar-refractivity contribution is -0.324. The number of hydrogen-bond acceptors (Lipinski definition) is 15. The minimum Gasteiger partial charge on any atom is -0.400 e. The molecule has 260 valence electrons. The van der Waals surface area contributed by atoms with Crippen LogP contribution in [0.2, 0.25) is 0 Å². The molecule has 0 aromatic heterocycles. The molecule has 2 heterocycles. The topological polar surface area (TPSA) is 277 Å². The van der Waals surface area contributed by atoms with Crippen LogP contribution in [-0.4, -0.2) is 143 Å². The molecule has 0 bridgehead atoms. The first-order valence-corrected chi connectivity index (χ1v) is 15.3. The van der Waals surface area contributed by atoms with Gasteiger partial charge >= 0.3 is 0 Å². The first-order valence-electron chi connectivity index (χ1n) is 15.3. The summed E-state index contributed by atoms with van der Waals surface area (Å²) in [7, 11) is 1.00. The number of nitrogens with two attached hydrogens (primary N) is 3. The van der Waals surface area contributed by atoms with Crippen molar-refractivity contribution in [1.82, 2.24) is 10.6 Å². The number of aliphatic hydroxyl groups is 6. The molecule has 0 aromatic carbocycles. The molecular formula is C27H54FN5O11. The van der Waals surface area contributed by atoms with Crippen LogP contribution in [0.25, 0.3) is 0 Å². The van der Waals surface area contributed by atoms with Gasteiger partial charge in [-0.3, -0.25) is 4.79 Å². The number of aliphatic hydroxyl groups excluding tert-OH is 6. The van der Waals surface area contributed by atoms with E-state index in [-0.39, 0.29) is 38.5 Å². The quantitative estimate of drug-likeness (QED) is 0.103. The van der Waals surface area contributed by atoms with Gasteiger partial charge in [0, 0.05) is 44.6 Å². The zero-order valence-electron chi connectivity index (χ0n) is 25.3. The molecule has 4 rings (SSSR count). The van der Waals surface area contributed by atoms with E-state index in [0.717, 1.165) is 26.5 Å². The fourth-order valence-electron chi connectivity index (χ4n) is 5.72. The van der Waals surface area contributed by atoms with Crippen LogP contribution in [0, 0.1) is 5.92 Å². The molecule has 8 unspecified atom stereocenters. The summed E-state index contributed by atoms with van der Waals surface area (Å²) < 4.78 is 27.9. The minimum atomic E-state index is -1.23. The molecule has 1 amide bonds. The summed E-state index contributed by atoms with van der Waals surface area (Å²) in [5.41, 5.74) is 17.4. The van der Waals surface area contributed by atoms with Gasteiger partial charge in [-0.2, -0.15) is 4.94 Å². The third kappa shape index (κ3) is 12.6. The van der Waals surface area contributed by atoms with E-state index in [1.807, 2.05) is 0 Å². The molecule has 2 saturated carbocycles. The van der Waals surface area contributed by atoms with Gasteiger partial charge in [-0.25, -0.2) is 0 Å². The van der Waals surface area contributed by atoms with Crippen molar-refractivity contribution in [3.8, 4) is 0 Å². The number of rotatable bonds is 11. The maximum absolute atomic E-state index is 12.0. The van der Waals surface area contributed by atoms with Gasteiger partial charge in [0.05, 0.1) is 31.0 Å². The van der Waals surface area contributed by atoms with E-state index in [4.69, 9.17) is 42.0 Å². The van der Waals surface area contributed by atoms with Crippen LogP contribution < -0.4 is 27.8 Å². The van der Waals surface area contributed by atoms with E-state index in [0.29, 0.717) is 37.8 Å². The van der Waals surface area contributed by atoms with Crippen LogP contribution in [0.4, 0.5) is 4.53 Å². The first kappa shape index (κ1) is 39.0. The largest absolute Gasteiger partial charge is 0.400 e. The summed E-state index contributed by atoms with van der Waals surface area (Å²) in [4.78, 5) is 15.3. The Kier molecular flexibility index (Phi) is 17.9. The Morgan fingerprint density at radius 2 is 1.70 bits per heavy atom. The Morgan fingerprint density at radius 1 is 1.00 bits per heavy atom. The number of amides is 1. The van der Waals surface area contributed by atoms with E-state index in [9.17, 15) is 24.6 Å². The second-order valence-corrected chi connectivity index (χ2v) is 11.9. The number of ether oxygens (including phenoxy) is 3. The predicted molar refractivity (Wildman–Crippen MR) is 154 cm³/mol. The fraction of sp³-hybridized carbons (Fsp3) is 0.963. The molecule has 2 aliphatic carbocycles. The number of carbonyl (C=O) groups is 1. The van der Waals surface area contributed by atoms with Crippen LogP contribution in [0.1, 0.15) is 51.4 Å². The van der Waals surface area contributed by atoms with Crippen molar-refractivity contribution < 1.29 is 59.1 Å². The van der Waals surface area contributed by atoms with Crippen LogP contribution in [0.15, 0.2) is 0 Å². The molecule has 16 nitrogen and oxygen atoms in total. The van der Waals surface area contributed by atoms with Gasteiger partial charge in [-0.05, 0) is 62.1 Å². The van der Waals surface area contributed by atoms with Crippen LogP contribution in [-0.2, 0) is 23.9 Å². The molecule has 2 aliphatic heterocycles. The lowest BCUT2D eigenvalue weighted by Gasteiger charge is -2.42. The highest BCUT2D eigenvalue weighted by molar-refractivity contribution is 5.80. The van der Waals surface area contributed by atoms with E-state index in [1.165, 1.54) is 0 Å². The minimum absolute atomic E-state index is 0.00560. The van der Waals surface area contributed by atoms with Crippen molar-refractivity contribution in [2.75, 3.05) is 33.4 Å². The summed E-state index contributed by atoms with van der Waals surface area (Å²) >= 11 is 0. The van der Waals surface area contributed by atoms with Gasteiger partial charge in [-0.15, -0.1) is 0 Å². The second-order valence-electron chi connectivity index (χ2n) is 11.9. The Bertz CT molecular complexity index is 793. The molecule has 4 aliphatic rings. The smallest absolute Gasteiger partial charge is 0.249 e. The fourth-order valence-corrected chi connectivity index (χ4v) is 5.72. The summed E-state index contributed by atoms with van der Waals surface area (Å²) in [6.07, 6.45) is -3.20. The molecule has 11 atom stereocenters. The summed E-state index contributed by atoms with van der Waals surface area (Å²) in [6.45, 7) is 1.58. The van der Waals surface area contributed by atoms with Crippen molar-refractivity contribution in [1.29, 1.82) is 0 Å². The standard InChI is InChI=1S/C21H41N5O6.C5H9FO4.CH4O/c22-4-3-16(28)21(30)26-13-7-14(24)20(17(29)8-13)32-19-2-1-15(27)18(31-19)10-25-9-11-5-12(23)6-11;6-10-5-4(8)1-3(7)2-9-5;1-2/h11-20,25,27-29H,1-10,22-24H2,(H,26,30);3-5,7-8H,1-2H2;2H,1H3/t11?,12?,13?,14?,15-,16?,17?,18?,19+,20+;;/m0../s1. The SMILES string of the molecule is CO.NCCC(O)C(=O)NC1CC(N)[C@@H](O[C@@H]2CC[C@H](O)C(CNCC3CC(N)C3)O2)C(O)C1.OC1COC(OF)C(O)C1. The van der Waals surface area contributed by atoms with Crippen LogP contribution >= 0.6 is 0 Å². The Morgan fingerprint density at radius 3 is 2.30 bits per heavy atom. The summed E-state index contributed by atoms with van der Waals surface area (Å²) in [6, 6.07) is -0.554. The molecule has 17 heteroatoms. The maximum atomic E-state index is 12.0. The average molecular weight is 644 g/mol. The van der Waals surface area contributed by atoms with Gasteiger partial charge in [0.2, 0.25) is 12.2 Å². The van der Waals surface area contributed by atoms with Crippen molar-refractivity contribution in [2.45, 2.75) is 125 Å². The highest BCUT2D eigenvalue weighted by Gasteiger charge is 2.40. The molecule has 14 N–H and O–H groups in total. The van der Waals surface area contributed by atoms with Crippen molar-refractivity contribution in [3.05, 3.63) is 0 Å². The highest BCUT2D eigenvalue weighted by Crippen LogP contribution is 2.28. The lowest BCUT2D eigenvalue weighted by atomic mass is 9.81. The van der Waals surface area contributed by atoms with Crippen molar-refractivity contribution in [2.24, 2.45) is 23.1 Å². The Hall–Kier alpha value is -1.16. The molecular weight excluding hydrogens is 589 g/mol. The second kappa shape index (κ2) is 20.2. The molecule has 0 spiro atoms. The zero-order chi connectivity index (χ0) is 32.8.